The van der Waals surface area contributed by atoms with Crippen LogP contribution in [0.4, 0.5) is 0 Å². The zero-order valence-corrected chi connectivity index (χ0v) is 10.1. The van der Waals surface area contributed by atoms with E-state index in [1.165, 1.54) is 0 Å². The second-order valence-electron chi connectivity index (χ2n) is 5.16. The molecule has 88 valence electrons. The largest absolute Gasteiger partial charge is 0.347 e. The Morgan fingerprint density at radius 3 is 2.72 bits per heavy atom. The number of nitrogens with zero attached hydrogens (tertiary/aromatic N) is 3. The predicted molar refractivity (Wildman–Crippen MR) is 68.6 cm³/mol. The molecule has 3 heteroatoms. The van der Waals surface area contributed by atoms with Gasteiger partial charge in [-0.25, -0.2) is 0 Å². The van der Waals surface area contributed by atoms with Gasteiger partial charge in [0.1, 0.15) is 0 Å². The zero-order valence-electron chi connectivity index (χ0n) is 10.1. The molecule has 1 fully saturated rings. The van der Waals surface area contributed by atoms with E-state index in [-0.39, 0.29) is 5.41 Å². The van der Waals surface area contributed by atoms with E-state index in [0.29, 0.717) is 12.0 Å². The molecule has 1 aromatic carbocycles. The van der Waals surface area contributed by atoms with Crippen LogP contribution in [0.15, 0.2) is 30.5 Å². The quantitative estimate of drug-likeness (QED) is 0.820. The van der Waals surface area contributed by atoms with Crippen LogP contribution in [0.25, 0.3) is 10.9 Å². The molecule has 0 amide bonds. The van der Waals surface area contributed by atoms with Gasteiger partial charge in [0.05, 0.1) is 17.7 Å². The van der Waals surface area contributed by atoms with Crippen molar-refractivity contribution in [2.45, 2.75) is 25.8 Å². The number of aromatic nitrogens is 1. The van der Waals surface area contributed by atoms with E-state index in [1.54, 1.807) is 0 Å². The fourth-order valence-corrected chi connectivity index (χ4v) is 2.50. The maximum absolute atomic E-state index is 8.88. The fraction of sp³-hybridized carbons (Fsp3) is 0.333. The summed E-state index contributed by atoms with van der Waals surface area (Å²) < 4.78 is 2.21. The van der Waals surface area contributed by atoms with Crippen molar-refractivity contribution < 1.29 is 0 Å². The van der Waals surface area contributed by atoms with Crippen LogP contribution in [0.5, 0.6) is 0 Å². The van der Waals surface area contributed by atoms with Gasteiger partial charge in [0.2, 0.25) is 0 Å². The molecule has 0 atom stereocenters. The van der Waals surface area contributed by atoms with Crippen molar-refractivity contribution >= 4 is 10.9 Å². The van der Waals surface area contributed by atoms with Gasteiger partial charge in [-0.1, -0.05) is 0 Å². The third kappa shape index (κ3) is 1.75. The Kier molecular flexibility index (Phi) is 2.35. The summed E-state index contributed by atoms with van der Waals surface area (Å²) in [5.41, 5.74) is 2.05. The Morgan fingerprint density at radius 1 is 1.22 bits per heavy atom. The van der Waals surface area contributed by atoms with Gasteiger partial charge in [-0.15, -0.1) is 0 Å². The lowest BCUT2D eigenvalue weighted by molar-refractivity contribution is 0.440. The van der Waals surface area contributed by atoms with E-state index in [4.69, 9.17) is 10.5 Å². The minimum atomic E-state index is 0.203. The van der Waals surface area contributed by atoms with Crippen LogP contribution in [-0.4, -0.2) is 4.57 Å². The molecular weight excluding hydrogens is 222 g/mol. The van der Waals surface area contributed by atoms with Gasteiger partial charge in [-0.3, -0.25) is 0 Å². The summed E-state index contributed by atoms with van der Waals surface area (Å²) in [7, 11) is 0. The molecule has 1 heterocycles. The highest BCUT2D eigenvalue weighted by atomic mass is 15.0. The Labute approximate surface area is 106 Å². The molecule has 18 heavy (non-hydrogen) atoms. The highest BCUT2D eigenvalue weighted by molar-refractivity contribution is 5.81. The van der Waals surface area contributed by atoms with Crippen LogP contribution >= 0.6 is 0 Å². The van der Waals surface area contributed by atoms with Crippen molar-refractivity contribution in [3.05, 3.63) is 36.0 Å². The molecule has 0 radical (unpaired) electrons. The van der Waals surface area contributed by atoms with Gasteiger partial charge in [0.25, 0.3) is 0 Å². The van der Waals surface area contributed by atoms with Gasteiger partial charge >= 0.3 is 0 Å². The number of fused-ring (bicyclic) bond motifs is 1. The van der Waals surface area contributed by atoms with Crippen molar-refractivity contribution in [2.75, 3.05) is 0 Å². The molecule has 0 bridgehead atoms. The van der Waals surface area contributed by atoms with Crippen molar-refractivity contribution in [2.24, 2.45) is 5.41 Å². The average molecular weight is 235 g/mol. The molecule has 0 saturated heterocycles. The van der Waals surface area contributed by atoms with Crippen LogP contribution in [0.2, 0.25) is 0 Å². The van der Waals surface area contributed by atoms with Crippen molar-refractivity contribution in [3.8, 4) is 12.1 Å². The van der Waals surface area contributed by atoms with Crippen molar-refractivity contribution in [1.82, 2.24) is 4.57 Å². The first-order valence-corrected chi connectivity index (χ1v) is 6.12. The van der Waals surface area contributed by atoms with Gasteiger partial charge in [0.15, 0.2) is 0 Å². The molecule has 1 aliphatic rings. The summed E-state index contributed by atoms with van der Waals surface area (Å²) in [5, 5.41) is 18.8. The molecule has 0 N–H and O–H groups in total. The van der Waals surface area contributed by atoms with Crippen molar-refractivity contribution in [1.29, 1.82) is 10.5 Å². The second-order valence-corrected chi connectivity index (χ2v) is 5.16. The Hall–Kier alpha value is -2.26. The van der Waals surface area contributed by atoms with Gasteiger partial charge in [0, 0.05) is 35.5 Å². The SMILES string of the molecule is N#CCC1(Cn2ccc3cc(C#N)ccc32)CC1. The van der Waals surface area contributed by atoms with Gasteiger partial charge in [-0.05, 0) is 37.1 Å². The Balaban J connectivity index is 1.95. The summed E-state index contributed by atoms with van der Waals surface area (Å²) in [6, 6.07) is 12.2. The van der Waals surface area contributed by atoms with Crippen LogP contribution in [0.1, 0.15) is 24.8 Å². The molecule has 2 aromatic rings. The lowest BCUT2D eigenvalue weighted by Gasteiger charge is -2.13. The Morgan fingerprint density at radius 2 is 2.06 bits per heavy atom. The number of rotatable bonds is 3. The minimum absolute atomic E-state index is 0.203. The van der Waals surface area contributed by atoms with E-state index in [2.05, 4.69) is 22.9 Å². The molecule has 1 saturated carbocycles. The topological polar surface area (TPSA) is 52.5 Å². The van der Waals surface area contributed by atoms with E-state index < -0.39 is 0 Å². The molecule has 3 rings (SSSR count). The highest BCUT2D eigenvalue weighted by Crippen LogP contribution is 2.50. The van der Waals surface area contributed by atoms with Gasteiger partial charge < -0.3 is 4.57 Å². The lowest BCUT2D eigenvalue weighted by Crippen LogP contribution is -2.10. The van der Waals surface area contributed by atoms with Crippen LogP contribution < -0.4 is 0 Å². The third-order valence-electron chi connectivity index (χ3n) is 3.82. The van der Waals surface area contributed by atoms with Crippen LogP contribution in [0, 0.1) is 28.1 Å². The lowest BCUT2D eigenvalue weighted by atomic mass is 10.0. The molecule has 0 unspecified atom stereocenters. The average Bonchev–Trinajstić information content (AvgIpc) is 3.03. The molecule has 1 aromatic heterocycles. The van der Waals surface area contributed by atoms with E-state index in [0.717, 1.165) is 30.3 Å². The number of hydrogen-bond acceptors (Lipinski definition) is 2. The molecule has 3 nitrogen and oxygen atoms in total. The maximum Gasteiger partial charge on any atom is 0.0991 e. The standard InChI is InChI=1S/C15H13N3/c16-7-6-15(4-5-15)11-18-8-3-13-9-12(10-17)1-2-14(13)18/h1-3,8-9H,4-6,11H2. The second kappa shape index (κ2) is 3.89. The summed E-state index contributed by atoms with van der Waals surface area (Å²) in [5.74, 6) is 0. The first-order chi connectivity index (χ1) is 8.76. The summed E-state index contributed by atoms with van der Waals surface area (Å²) >= 11 is 0. The molecule has 1 aliphatic carbocycles. The predicted octanol–water partition coefficient (Wildman–Crippen LogP) is 3.21. The van der Waals surface area contributed by atoms with E-state index in [9.17, 15) is 0 Å². The van der Waals surface area contributed by atoms with Crippen LogP contribution in [0.3, 0.4) is 0 Å². The van der Waals surface area contributed by atoms with Crippen LogP contribution in [-0.2, 0) is 6.54 Å². The third-order valence-corrected chi connectivity index (χ3v) is 3.82. The normalized spacial score (nSPS) is 16.1. The molecule has 0 spiro atoms. The maximum atomic E-state index is 8.88. The smallest absolute Gasteiger partial charge is 0.0991 e. The molecular formula is C15H13N3. The first-order valence-electron chi connectivity index (χ1n) is 6.12. The summed E-state index contributed by atoms with van der Waals surface area (Å²) in [4.78, 5) is 0. The van der Waals surface area contributed by atoms with Crippen molar-refractivity contribution in [3.63, 3.8) is 0 Å². The number of benzene rings is 1. The Bertz CT molecular complexity index is 678. The summed E-state index contributed by atoms with van der Waals surface area (Å²) in [6.45, 7) is 0.913. The monoisotopic (exact) mass is 235 g/mol. The zero-order chi connectivity index (χ0) is 12.6. The van der Waals surface area contributed by atoms with Gasteiger partial charge in [-0.2, -0.15) is 10.5 Å². The molecule has 0 aliphatic heterocycles. The fourth-order valence-electron chi connectivity index (χ4n) is 2.50. The van der Waals surface area contributed by atoms with E-state index >= 15 is 0 Å². The number of nitriles is 2. The highest BCUT2D eigenvalue weighted by Gasteiger charge is 2.42. The first kappa shape index (κ1) is 10.9. The number of hydrogen-bond donors (Lipinski definition) is 0. The van der Waals surface area contributed by atoms with E-state index in [1.807, 2.05) is 24.3 Å². The summed E-state index contributed by atoms with van der Waals surface area (Å²) in [6.07, 6.45) is 5.00. The minimum Gasteiger partial charge on any atom is -0.347 e.